The van der Waals surface area contributed by atoms with Gasteiger partial charge in [0.15, 0.2) is 5.78 Å². The van der Waals surface area contributed by atoms with Gasteiger partial charge in [0.05, 0.1) is 59.8 Å². The smallest absolute Gasteiger partial charge is 0.870 e. The van der Waals surface area contributed by atoms with Crippen molar-refractivity contribution in [1.82, 2.24) is 10.6 Å². The second kappa shape index (κ2) is 63.3. The molecule has 0 spiro atoms. The third kappa shape index (κ3) is 48.6. The van der Waals surface area contributed by atoms with Crippen molar-refractivity contribution in [3.63, 3.8) is 0 Å². The van der Waals surface area contributed by atoms with Crippen LogP contribution in [-0.2, 0) is 71.5 Å². The Hall–Kier alpha value is -8.79. The maximum Gasteiger partial charge on any atom is 1.00 e. The number of benzene rings is 3. The van der Waals surface area contributed by atoms with Crippen molar-refractivity contribution in [3.05, 3.63) is 183 Å². The van der Waals surface area contributed by atoms with E-state index in [4.69, 9.17) is 41.8 Å². The zero-order valence-electron chi connectivity index (χ0n) is 67.1. The Kier molecular flexibility index (Phi) is 63.2. The Bertz CT molecular complexity index is 3660. The van der Waals surface area contributed by atoms with Gasteiger partial charge in [-0.3, -0.25) is 4.79 Å². The number of amides is 2. The summed E-state index contributed by atoms with van der Waals surface area (Å²) in [6.45, 7) is 10.8. The normalized spacial score (nSPS) is 18.5. The van der Waals surface area contributed by atoms with E-state index in [1.807, 2.05) is 20.8 Å². The molecule has 648 valence electrons. The average molecular weight is 1690 g/mol. The number of esters is 5. The number of nitrogens with one attached hydrogen (secondary N) is 2. The number of nitrogens with zero attached hydrogens (tertiary/aromatic N) is 3. The fourth-order valence-corrected chi connectivity index (χ4v) is 14.0. The zero-order chi connectivity index (χ0) is 81.8. The third-order valence-electron chi connectivity index (χ3n) is 16.8. The minimum Gasteiger partial charge on any atom is -0.870 e. The van der Waals surface area contributed by atoms with Crippen molar-refractivity contribution < 1.29 is 131 Å². The number of allylic oxidation sites excluding steroid dienone is 1. The quantitative estimate of drug-likeness (QED) is 0.0159. The van der Waals surface area contributed by atoms with Crippen LogP contribution in [0.15, 0.2) is 178 Å². The molecule has 0 saturated heterocycles. The number of rotatable bonds is 13. The molecule has 0 bridgehead atoms. The Morgan fingerprint density at radius 3 is 1.08 bits per heavy atom. The topological polar surface area (TPSA) is 451 Å². The summed E-state index contributed by atoms with van der Waals surface area (Å²) >= 11 is 0. The van der Waals surface area contributed by atoms with Crippen LogP contribution in [0.5, 0.6) is 0 Å². The molecule has 7 aliphatic carbocycles. The number of aliphatic carboxylic acids is 2. The fraction of sp³-hybridized carbons (Fsp3) is 0.512. The minimum absolute atomic E-state index is 0. The Morgan fingerprint density at radius 1 is 0.444 bits per heavy atom. The van der Waals surface area contributed by atoms with Gasteiger partial charge in [0.25, 0.3) is 0 Å². The van der Waals surface area contributed by atoms with Gasteiger partial charge < -0.3 is 76.1 Å². The maximum atomic E-state index is 11.6. The van der Waals surface area contributed by atoms with Gasteiger partial charge >= 0.3 is 83.5 Å². The molecule has 0 aromatic heterocycles. The van der Waals surface area contributed by atoms with E-state index >= 15 is 0 Å². The number of aliphatic hydroxyl groups is 1. The molecule has 0 radical (unpaired) electrons. The van der Waals surface area contributed by atoms with Gasteiger partial charge in [-0.1, -0.05) is 156 Å². The van der Waals surface area contributed by atoms with Gasteiger partial charge in [0.1, 0.15) is 11.2 Å². The summed E-state index contributed by atoms with van der Waals surface area (Å²) in [4.78, 5) is 113. The molecule has 10 N–H and O–H groups in total. The number of ether oxygens (including phenoxy) is 7. The SMILES string of the molecule is C.C.C.C.CC(C)(C)OC(=O)NC1C=C(C(=O)O)CCC1.COC(=O)C1=CC(=O)CCC1.COC(=O)C1=CC(N)CCC1.COC(=O)C1=CC(N=[N+]=[N-])CCC1.COC(=O)C1=CC(NC(=O)OC(C)(C)C)CCC1.COC(=O)C1=CC(O)CCC1.Cl.NC1C=C(C(=O)O)CCC1.[Na+].[OH-].c1ccc(P(c2ccccc2)c2ccccc2)cc1. The molecule has 0 fully saturated rings. The molecule has 117 heavy (non-hydrogen) atoms. The molecule has 3 aromatic rings. The first-order valence-electron chi connectivity index (χ1n) is 36.8. The molecule has 6 atom stereocenters. The number of aliphatic hydroxyl groups excluding tert-OH is 1. The van der Waals surface area contributed by atoms with Crippen molar-refractivity contribution in [2.45, 2.75) is 254 Å². The maximum absolute atomic E-state index is 11.6. The van der Waals surface area contributed by atoms with Crippen molar-refractivity contribution in [1.29, 1.82) is 0 Å². The number of ketones is 1. The molecule has 0 heterocycles. The number of methoxy groups -OCH3 is 5. The number of carbonyl (C=O) groups is 10. The van der Waals surface area contributed by atoms with Gasteiger partial charge in [-0.25, -0.2) is 43.2 Å². The van der Waals surface area contributed by atoms with Crippen LogP contribution in [0.2, 0.25) is 0 Å². The van der Waals surface area contributed by atoms with Gasteiger partial charge in [-0.2, -0.15) is 0 Å². The van der Waals surface area contributed by atoms with Crippen LogP contribution >= 0.6 is 20.3 Å². The first-order chi connectivity index (χ1) is 52.2. The average Bonchev–Trinajstić information content (AvgIpc) is 0.817. The molecule has 0 saturated carbocycles. The minimum atomic E-state index is -0.916. The van der Waals surface area contributed by atoms with Crippen molar-refractivity contribution in [2.75, 3.05) is 35.5 Å². The van der Waals surface area contributed by atoms with Gasteiger partial charge in [-0.05, 0) is 211 Å². The summed E-state index contributed by atoms with van der Waals surface area (Å²) in [7, 11) is 6.32. The van der Waals surface area contributed by atoms with Crippen LogP contribution < -0.4 is 67.6 Å². The van der Waals surface area contributed by atoms with Gasteiger partial charge in [0, 0.05) is 62.4 Å². The molecule has 31 heteroatoms. The molecular formula is C86H130ClN7NaO21P. The molecule has 7 aliphatic rings. The summed E-state index contributed by atoms with van der Waals surface area (Å²) in [6.07, 6.45) is 26.4. The predicted molar refractivity (Wildman–Crippen MR) is 456 cm³/mol. The summed E-state index contributed by atoms with van der Waals surface area (Å²) in [5.41, 5.74) is 22.2. The first-order valence-corrected chi connectivity index (χ1v) is 38.1. The molecular weight excluding hydrogens is 1560 g/mol. The summed E-state index contributed by atoms with van der Waals surface area (Å²) < 4.78 is 33.1. The number of halogens is 1. The van der Waals surface area contributed by atoms with Crippen molar-refractivity contribution in [2.24, 2.45) is 16.6 Å². The predicted octanol–water partition coefficient (Wildman–Crippen LogP) is 12.0. The second-order valence-electron chi connectivity index (χ2n) is 28.1. The third-order valence-corrected chi connectivity index (χ3v) is 19.3. The van der Waals surface area contributed by atoms with Crippen LogP contribution in [0.25, 0.3) is 10.4 Å². The van der Waals surface area contributed by atoms with Gasteiger partial charge in [-0.15, -0.1) is 12.4 Å². The molecule has 3 aromatic carbocycles. The zero-order valence-corrected chi connectivity index (χ0v) is 70.8. The van der Waals surface area contributed by atoms with Crippen LogP contribution in [0, 0.1) is 0 Å². The number of nitrogens with two attached hydrogens (primary N) is 2. The summed E-state index contributed by atoms with van der Waals surface area (Å²) in [6, 6.07) is 31.7. The summed E-state index contributed by atoms with van der Waals surface area (Å²) in [5, 5.41) is 39.7. The number of azide groups is 1. The van der Waals surface area contributed by atoms with Crippen molar-refractivity contribution in [3.8, 4) is 0 Å². The summed E-state index contributed by atoms with van der Waals surface area (Å²) in [5.74, 6) is -3.29. The van der Waals surface area contributed by atoms with E-state index in [2.05, 4.69) is 135 Å². The molecule has 0 aliphatic heterocycles. The van der Waals surface area contributed by atoms with Crippen LogP contribution in [0.3, 0.4) is 0 Å². The Labute approximate surface area is 722 Å². The van der Waals surface area contributed by atoms with E-state index < -0.39 is 49.4 Å². The number of hydrogen-bond acceptors (Lipinski definition) is 22. The van der Waals surface area contributed by atoms with Crippen LogP contribution in [0.4, 0.5) is 9.59 Å². The number of alkyl carbamates (subject to hydrolysis) is 2. The Balaban J connectivity index is -0.000000409. The van der Waals surface area contributed by atoms with E-state index in [0.717, 1.165) is 102 Å². The van der Waals surface area contributed by atoms with Crippen LogP contribution in [-0.4, -0.2) is 164 Å². The van der Waals surface area contributed by atoms with E-state index in [-0.39, 0.29) is 143 Å². The van der Waals surface area contributed by atoms with Crippen LogP contribution in [0.1, 0.15) is 206 Å². The molecule has 10 rings (SSSR count). The molecule has 2 amide bonds. The number of hydrogen-bond donors (Lipinski definition) is 7. The van der Waals surface area contributed by atoms with E-state index in [1.54, 1.807) is 57.2 Å². The van der Waals surface area contributed by atoms with E-state index in [9.17, 15) is 47.9 Å². The monoisotopic (exact) mass is 1690 g/mol. The standard InChI is InChI=1S/C18H15P.C13H21NO4.C12H19NO4.C8H11N3O2.C8H13NO2.C8H12O3.C8H10O3.C7H11NO2.4CH4.ClH.Na.H2O/c1-4-10-16(11-5-1)19(17-12-6-2-7-13-17)18-14-8-3-9-15-18;1-13(2,3)18-12(16)14-10-7-5-6-9(8-10)11(15)17-4;1-12(2,3)17-11(16)13-9-6-4-5-8(7-9)10(14)15;1-13-8(12)6-3-2-4-7(5-6)10-11-9;3*1-11-8(10)6-3-2-4-7(9)5-6;8-6-3-1-2-5(4-6)7(9)10;;;;;;;/h1-15H;8,10H,5-7H2,1-4H3,(H,14,16);7,9H,4-6H2,1-3H3,(H,13,16)(H,14,15);5,7H,2-4H2,1H3;5,7H,2-4,9H2,1H3;5,7,9H,2-4H2,1H3;5H,2-4H2,1H3;4,6H,1-3,8H2,(H,9,10);4*1H4;1H;;1H2/q;;;;;;;;;;;;;+1;/p-1. The largest absolute Gasteiger partial charge is 1.00 e. The number of carboxylic acid groups (broad SMARTS) is 2. The Morgan fingerprint density at radius 2 is 0.744 bits per heavy atom. The number of carboxylic acids is 2. The van der Waals surface area contributed by atoms with E-state index in [0.29, 0.717) is 72.0 Å². The second-order valence-corrected chi connectivity index (χ2v) is 30.3. The molecule has 28 nitrogen and oxygen atoms in total. The van der Waals surface area contributed by atoms with E-state index in [1.165, 1.54) is 57.5 Å². The van der Waals surface area contributed by atoms with Gasteiger partial charge in [0.2, 0.25) is 0 Å². The van der Waals surface area contributed by atoms with Crippen molar-refractivity contribution >= 4 is 96.0 Å². The first kappa shape index (κ1) is 117. The number of carbonyl (C=O) groups excluding carboxylic acids is 8. The molecule has 6 unspecified atom stereocenters. The fourth-order valence-electron chi connectivity index (χ4n) is 11.7.